The fourth-order valence-corrected chi connectivity index (χ4v) is 6.04. The molecule has 0 unspecified atom stereocenters. The quantitative estimate of drug-likeness (QED) is 0.135. The summed E-state index contributed by atoms with van der Waals surface area (Å²) in [7, 11) is 0. The summed E-state index contributed by atoms with van der Waals surface area (Å²) in [6.45, 7) is 11.4. The van der Waals surface area contributed by atoms with Crippen LogP contribution in [-0.4, -0.2) is 34.3 Å². The number of rotatable bonds is 13. The highest BCUT2D eigenvalue weighted by Crippen LogP contribution is 2.35. The number of benzene rings is 4. The third-order valence-electron chi connectivity index (χ3n) is 8.24. The van der Waals surface area contributed by atoms with Gasteiger partial charge in [0.25, 0.3) is 0 Å². The highest BCUT2D eigenvalue weighted by atomic mass is 16.6. The monoisotopic (exact) mass is 601 g/mol. The Morgan fingerprint density at radius 3 is 2.31 bits per heavy atom. The maximum absolute atomic E-state index is 5.95. The molecule has 232 valence electrons. The number of fused-ring (bicyclic) bond motifs is 1. The molecule has 0 spiro atoms. The van der Waals surface area contributed by atoms with Crippen molar-refractivity contribution in [1.82, 2.24) is 14.5 Å². The number of nitrogens with zero attached hydrogens (tertiary/aromatic N) is 3. The summed E-state index contributed by atoms with van der Waals surface area (Å²) >= 11 is 0. The Kier molecular flexibility index (Phi) is 9.81. The lowest BCUT2D eigenvalue weighted by atomic mass is 10.1. The van der Waals surface area contributed by atoms with Crippen molar-refractivity contribution in [2.75, 3.05) is 19.8 Å². The van der Waals surface area contributed by atoms with E-state index in [9.17, 15) is 0 Å². The summed E-state index contributed by atoms with van der Waals surface area (Å²) in [6.07, 6.45) is 2.19. The van der Waals surface area contributed by atoms with Crippen molar-refractivity contribution in [3.05, 3.63) is 119 Å². The van der Waals surface area contributed by atoms with Crippen LogP contribution in [-0.2, 0) is 26.2 Å². The second-order valence-electron chi connectivity index (χ2n) is 11.6. The van der Waals surface area contributed by atoms with Gasteiger partial charge in [0.15, 0.2) is 11.5 Å². The minimum absolute atomic E-state index is 0.573. The lowest BCUT2D eigenvalue weighted by Crippen LogP contribution is -2.25. The van der Waals surface area contributed by atoms with Crippen molar-refractivity contribution in [1.29, 1.82) is 0 Å². The van der Waals surface area contributed by atoms with Gasteiger partial charge in [-0.05, 0) is 61.2 Å². The average Bonchev–Trinajstić information content (AvgIpc) is 3.42. The van der Waals surface area contributed by atoms with Crippen LogP contribution in [0.5, 0.6) is 17.2 Å². The fraction of sp³-hybridized carbons (Fsp3) is 0.308. The van der Waals surface area contributed by atoms with Crippen molar-refractivity contribution in [2.24, 2.45) is 0 Å². The van der Waals surface area contributed by atoms with Crippen LogP contribution in [0.1, 0.15) is 49.1 Å². The van der Waals surface area contributed by atoms with E-state index < -0.39 is 0 Å². The second kappa shape index (κ2) is 14.5. The zero-order valence-electron chi connectivity index (χ0n) is 26.7. The lowest BCUT2D eigenvalue weighted by molar-refractivity contribution is 0.170. The van der Waals surface area contributed by atoms with E-state index in [1.54, 1.807) is 0 Å². The molecule has 0 saturated heterocycles. The number of unbranched alkanes of at least 4 members (excludes halogenated alkanes) is 1. The number of imidazole rings is 1. The number of aromatic nitrogens is 2. The molecule has 1 aliphatic heterocycles. The Hall–Kier alpha value is -4.55. The van der Waals surface area contributed by atoms with Gasteiger partial charge < -0.3 is 18.8 Å². The van der Waals surface area contributed by atoms with Crippen LogP contribution in [0.3, 0.4) is 0 Å². The molecule has 45 heavy (non-hydrogen) atoms. The average molecular weight is 602 g/mol. The number of ether oxygens (including phenoxy) is 3. The van der Waals surface area contributed by atoms with Crippen LogP contribution in [0.15, 0.2) is 97.1 Å². The van der Waals surface area contributed by atoms with E-state index >= 15 is 0 Å². The maximum Gasteiger partial charge on any atom is 0.161 e. The minimum Gasteiger partial charge on any atom is -0.494 e. The summed E-state index contributed by atoms with van der Waals surface area (Å²) in [5.74, 6) is 3.56. The SMILES string of the molecule is CCCCn1c(-c2ccccc2C)nc(-c2ccccc2)c1CN(Cc1cccc(OCC)c1)Cc1ccc2c(c1)OCCO2. The molecule has 6 nitrogen and oxygen atoms in total. The number of hydrogen-bond acceptors (Lipinski definition) is 5. The first kappa shape index (κ1) is 30.5. The van der Waals surface area contributed by atoms with E-state index in [1.807, 2.05) is 19.1 Å². The van der Waals surface area contributed by atoms with Gasteiger partial charge in [-0.15, -0.1) is 0 Å². The molecule has 0 bridgehead atoms. The third-order valence-corrected chi connectivity index (χ3v) is 8.24. The molecule has 1 aliphatic rings. The lowest BCUT2D eigenvalue weighted by Gasteiger charge is -2.26. The van der Waals surface area contributed by atoms with Gasteiger partial charge in [-0.25, -0.2) is 4.98 Å². The Balaban J connectivity index is 1.45. The predicted molar refractivity (Wildman–Crippen MR) is 181 cm³/mol. The largest absolute Gasteiger partial charge is 0.494 e. The molecule has 0 atom stereocenters. The van der Waals surface area contributed by atoms with E-state index in [0.717, 1.165) is 73.4 Å². The van der Waals surface area contributed by atoms with Crippen molar-refractivity contribution >= 4 is 0 Å². The summed E-state index contributed by atoms with van der Waals surface area (Å²) in [6, 6.07) is 34.0. The van der Waals surface area contributed by atoms with Gasteiger partial charge in [0.2, 0.25) is 0 Å². The van der Waals surface area contributed by atoms with Gasteiger partial charge in [0.1, 0.15) is 24.8 Å². The topological polar surface area (TPSA) is 48.8 Å². The summed E-state index contributed by atoms with van der Waals surface area (Å²) in [5, 5.41) is 0. The van der Waals surface area contributed by atoms with Crippen molar-refractivity contribution < 1.29 is 14.2 Å². The van der Waals surface area contributed by atoms with Gasteiger partial charge >= 0.3 is 0 Å². The van der Waals surface area contributed by atoms with Crippen LogP contribution in [0.4, 0.5) is 0 Å². The Morgan fingerprint density at radius 1 is 0.778 bits per heavy atom. The molecule has 6 rings (SSSR count). The van der Waals surface area contributed by atoms with Gasteiger partial charge in [-0.3, -0.25) is 4.90 Å². The summed E-state index contributed by atoms with van der Waals surface area (Å²) in [5.41, 5.74) is 8.20. The normalized spacial score (nSPS) is 12.4. The first-order chi connectivity index (χ1) is 22.1. The molecule has 1 aromatic heterocycles. The zero-order valence-corrected chi connectivity index (χ0v) is 26.7. The van der Waals surface area contributed by atoms with E-state index in [4.69, 9.17) is 19.2 Å². The molecule has 0 saturated carbocycles. The fourth-order valence-electron chi connectivity index (χ4n) is 6.04. The van der Waals surface area contributed by atoms with Gasteiger partial charge in [0.05, 0.1) is 18.0 Å². The highest BCUT2D eigenvalue weighted by Gasteiger charge is 2.23. The molecule has 2 heterocycles. The van der Waals surface area contributed by atoms with Crippen molar-refractivity contribution in [3.8, 4) is 39.9 Å². The van der Waals surface area contributed by atoms with E-state index in [0.29, 0.717) is 19.8 Å². The Bertz CT molecular complexity index is 1710. The van der Waals surface area contributed by atoms with Crippen LogP contribution < -0.4 is 14.2 Å². The molecule has 0 radical (unpaired) electrons. The van der Waals surface area contributed by atoms with Crippen LogP contribution in [0.25, 0.3) is 22.6 Å². The first-order valence-electron chi connectivity index (χ1n) is 16.2. The zero-order chi connectivity index (χ0) is 31.0. The van der Waals surface area contributed by atoms with Crippen LogP contribution >= 0.6 is 0 Å². The Labute approximate surface area is 267 Å². The van der Waals surface area contributed by atoms with E-state index in [-0.39, 0.29) is 0 Å². The standard InChI is InChI=1S/C39H43N3O3/c1-4-6-21-42-35(38(32-15-8-7-9-16-32)40-39(42)34-18-11-10-13-29(34)3)28-41(26-30-14-12-17-33(24-30)43-5-2)27-31-19-20-36-37(25-31)45-23-22-44-36/h7-20,24-25H,4-6,21-23,26-28H2,1-3H3. The maximum atomic E-state index is 5.95. The van der Waals surface area contributed by atoms with Crippen LogP contribution in [0, 0.1) is 6.92 Å². The number of aryl methyl sites for hydroxylation is 1. The highest BCUT2D eigenvalue weighted by molar-refractivity contribution is 5.70. The first-order valence-corrected chi connectivity index (χ1v) is 16.2. The van der Waals surface area contributed by atoms with Gasteiger partial charge in [-0.2, -0.15) is 0 Å². The molecule has 0 amide bonds. The third kappa shape index (κ3) is 7.23. The smallest absolute Gasteiger partial charge is 0.161 e. The molecular weight excluding hydrogens is 558 g/mol. The predicted octanol–water partition coefficient (Wildman–Crippen LogP) is 8.70. The van der Waals surface area contributed by atoms with Gasteiger partial charge in [-0.1, -0.05) is 86.1 Å². The van der Waals surface area contributed by atoms with Gasteiger partial charge in [0, 0.05) is 37.3 Å². The molecule has 5 aromatic rings. The molecule has 0 N–H and O–H groups in total. The molecule has 6 heteroatoms. The summed E-state index contributed by atoms with van der Waals surface area (Å²) in [4.78, 5) is 7.91. The second-order valence-corrected chi connectivity index (χ2v) is 11.6. The van der Waals surface area contributed by atoms with Crippen molar-refractivity contribution in [3.63, 3.8) is 0 Å². The molecular formula is C39H43N3O3. The molecule has 0 aliphatic carbocycles. The molecule has 0 fully saturated rings. The minimum atomic E-state index is 0.573. The molecule has 4 aromatic carbocycles. The summed E-state index contributed by atoms with van der Waals surface area (Å²) < 4.78 is 20.1. The van der Waals surface area contributed by atoms with E-state index in [1.165, 1.54) is 27.9 Å². The van der Waals surface area contributed by atoms with E-state index in [2.05, 4.69) is 108 Å². The number of hydrogen-bond donors (Lipinski definition) is 0. The van der Waals surface area contributed by atoms with Crippen molar-refractivity contribution in [2.45, 2.75) is 59.8 Å². The Morgan fingerprint density at radius 2 is 1.53 bits per heavy atom. The van der Waals surface area contributed by atoms with Crippen LogP contribution in [0.2, 0.25) is 0 Å².